The Kier molecular flexibility index (Phi) is 5.34. The van der Waals surface area contributed by atoms with Crippen LogP contribution in [0.15, 0.2) is 18.2 Å². The highest BCUT2D eigenvalue weighted by Gasteiger charge is 2.32. The van der Waals surface area contributed by atoms with Gasteiger partial charge in [0.05, 0.1) is 5.56 Å². The lowest BCUT2D eigenvalue weighted by Crippen LogP contribution is -2.44. The molecule has 9 heteroatoms. The van der Waals surface area contributed by atoms with E-state index >= 15 is 0 Å². The van der Waals surface area contributed by atoms with Gasteiger partial charge in [-0.2, -0.15) is 0 Å². The Morgan fingerprint density at radius 1 is 1.27 bits per heavy atom. The monoisotopic (exact) mass is 323 g/mol. The molecular formula is C13H13F4NO4. The van der Waals surface area contributed by atoms with Crippen LogP contribution in [-0.4, -0.2) is 29.4 Å². The van der Waals surface area contributed by atoms with Crippen molar-refractivity contribution in [2.45, 2.75) is 26.3 Å². The third-order valence-corrected chi connectivity index (χ3v) is 2.64. The number of ether oxygens (including phenoxy) is 1. The summed E-state index contributed by atoms with van der Waals surface area (Å²) in [6.45, 7) is 3.03. The summed E-state index contributed by atoms with van der Waals surface area (Å²) in [5, 5.41) is 11.0. The first kappa shape index (κ1) is 17.7. The highest BCUT2D eigenvalue weighted by atomic mass is 19.4. The molecule has 0 saturated heterocycles. The van der Waals surface area contributed by atoms with Gasteiger partial charge in [0.1, 0.15) is 17.6 Å². The standard InChI is InChI=1S/C13H13F4NO4/c1-6(2)10(12(20)21)18-11(19)8-5-7(3-4-9(8)14)22-13(15,16)17/h3-6,10H,1-2H3,(H,18,19)(H,20,21). The minimum atomic E-state index is -4.99. The minimum absolute atomic E-state index is 0.501. The zero-order valence-electron chi connectivity index (χ0n) is 11.6. The predicted molar refractivity (Wildman–Crippen MR) is 66.8 cm³/mol. The molecule has 0 radical (unpaired) electrons. The van der Waals surface area contributed by atoms with Gasteiger partial charge in [0.2, 0.25) is 0 Å². The van der Waals surface area contributed by atoms with Crippen LogP contribution in [0.4, 0.5) is 17.6 Å². The first-order chi connectivity index (χ1) is 10.0. The van der Waals surface area contributed by atoms with Crippen molar-refractivity contribution in [1.29, 1.82) is 0 Å². The molecule has 0 saturated carbocycles. The fourth-order valence-corrected chi connectivity index (χ4v) is 1.61. The average molecular weight is 323 g/mol. The van der Waals surface area contributed by atoms with Gasteiger partial charge in [-0.25, -0.2) is 9.18 Å². The Hall–Kier alpha value is -2.32. The van der Waals surface area contributed by atoms with Crippen LogP contribution in [0.3, 0.4) is 0 Å². The van der Waals surface area contributed by atoms with Crippen LogP contribution in [-0.2, 0) is 4.79 Å². The summed E-state index contributed by atoms with van der Waals surface area (Å²) in [7, 11) is 0. The molecule has 0 spiro atoms. The van der Waals surface area contributed by atoms with Gasteiger partial charge in [0.25, 0.3) is 5.91 Å². The summed E-state index contributed by atoms with van der Waals surface area (Å²) in [4.78, 5) is 22.8. The Morgan fingerprint density at radius 2 is 1.86 bits per heavy atom. The van der Waals surface area contributed by atoms with Crippen LogP contribution < -0.4 is 10.1 Å². The zero-order chi connectivity index (χ0) is 17.1. The van der Waals surface area contributed by atoms with E-state index in [0.29, 0.717) is 18.2 Å². The lowest BCUT2D eigenvalue weighted by Gasteiger charge is -2.18. The number of benzene rings is 1. The van der Waals surface area contributed by atoms with Crippen LogP contribution in [0.2, 0.25) is 0 Å². The minimum Gasteiger partial charge on any atom is -0.480 e. The van der Waals surface area contributed by atoms with E-state index in [1.807, 2.05) is 5.32 Å². The Bertz CT molecular complexity index is 572. The molecule has 0 fully saturated rings. The van der Waals surface area contributed by atoms with E-state index in [4.69, 9.17) is 5.11 Å². The maximum Gasteiger partial charge on any atom is 0.573 e. The molecule has 1 rings (SSSR count). The summed E-state index contributed by atoms with van der Waals surface area (Å²) >= 11 is 0. The zero-order valence-corrected chi connectivity index (χ0v) is 11.6. The van der Waals surface area contributed by atoms with E-state index in [9.17, 15) is 27.2 Å². The molecule has 0 aliphatic heterocycles. The SMILES string of the molecule is CC(C)C(NC(=O)c1cc(OC(F)(F)F)ccc1F)C(=O)O. The molecule has 1 aromatic rings. The molecule has 0 aliphatic rings. The fourth-order valence-electron chi connectivity index (χ4n) is 1.61. The molecule has 2 N–H and O–H groups in total. The number of alkyl halides is 3. The topological polar surface area (TPSA) is 75.6 Å². The van der Waals surface area contributed by atoms with E-state index in [0.717, 1.165) is 0 Å². The Balaban J connectivity index is 3.02. The number of aliphatic carboxylic acids is 1. The summed E-state index contributed by atoms with van der Waals surface area (Å²) in [6.07, 6.45) is -4.99. The molecule has 0 bridgehead atoms. The summed E-state index contributed by atoms with van der Waals surface area (Å²) in [6, 6.07) is 0.578. The molecule has 5 nitrogen and oxygen atoms in total. The highest BCUT2D eigenvalue weighted by Crippen LogP contribution is 2.24. The van der Waals surface area contributed by atoms with Crippen molar-refractivity contribution in [3.05, 3.63) is 29.6 Å². The van der Waals surface area contributed by atoms with E-state index in [-0.39, 0.29) is 0 Å². The van der Waals surface area contributed by atoms with Crippen molar-refractivity contribution in [3.8, 4) is 5.75 Å². The Morgan fingerprint density at radius 3 is 2.32 bits per heavy atom. The summed E-state index contributed by atoms with van der Waals surface area (Å²) in [5.74, 6) is -4.87. The van der Waals surface area contributed by atoms with Gasteiger partial charge in [-0.15, -0.1) is 13.2 Å². The van der Waals surface area contributed by atoms with Crippen LogP contribution in [0.5, 0.6) is 5.75 Å². The number of hydrogen-bond donors (Lipinski definition) is 2. The molecule has 0 aromatic heterocycles. The number of carbonyl (C=O) groups excluding carboxylic acids is 1. The average Bonchev–Trinajstić information content (AvgIpc) is 2.35. The molecule has 22 heavy (non-hydrogen) atoms. The smallest absolute Gasteiger partial charge is 0.480 e. The molecule has 1 amide bonds. The number of hydrogen-bond acceptors (Lipinski definition) is 3. The number of carbonyl (C=O) groups is 2. The lowest BCUT2D eigenvalue weighted by atomic mass is 10.0. The van der Waals surface area contributed by atoms with Crippen molar-refractivity contribution >= 4 is 11.9 Å². The molecule has 122 valence electrons. The Labute approximate surface area is 122 Å². The van der Waals surface area contributed by atoms with E-state index in [2.05, 4.69) is 4.74 Å². The van der Waals surface area contributed by atoms with Gasteiger partial charge in [-0.05, 0) is 24.1 Å². The van der Waals surface area contributed by atoms with Crippen molar-refractivity contribution in [2.24, 2.45) is 5.92 Å². The van der Waals surface area contributed by atoms with Crippen LogP contribution in [0, 0.1) is 11.7 Å². The van der Waals surface area contributed by atoms with E-state index < -0.39 is 47.3 Å². The normalized spacial score (nSPS) is 12.9. The third-order valence-electron chi connectivity index (χ3n) is 2.64. The van der Waals surface area contributed by atoms with Gasteiger partial charge in [-0.1, -0.05) is 13.8 Å². The largest absolute Gasteiger partial charge is 0.573 e. The highest BCUT2D eigenvalue weighted by molar-refractivity contribution is 5.97. The summed E-state index contributed by atoms with van der Waals surface area (Å²) in [5.41, 5.74) is -0.742. The van der Waals surface area contributed by atoms with Crippen molar-refractivity contribution in [2.75, 3.05) is 0 Å². The maximum atomic E-state index is 13.6. The molecular weight excluding hydrogens is 310 g/mol. The van der Waals surface area contributed by atoms with Gasteiger partial charge in [0.15, 0.2) is 0 Å². The number of halogens is 4. The third kappa shape index (κ3) is 4.90. The lowest BCUT2D eigenvalue weighted by molar-refractivity contribution is -0.274. The van der Waals surface area contributed by atoms with Gasteiger partial charge < -0.3 is 15.2 Å². The molecule has 1 unspecified atom stereocenters. The molecule has 0 aliphatic carbocycles. The number of amides is 1. The first-order valence-corrected chi connectivity index (χ1v) is 6.10. The van der Waals surface area contributed by atoms with Gasteiger partial charge >= 0.3 is 12.3 Å². The molecule has 1 atom stereocenters. The van der Waals surface area contributed by atoms with Crippen molar-refractivity contribution in [3.63, 3.8) is 0 Å². The summed E-state index contributed by atoms with van der Waals surface area (Å²) < 4.78 is 53.5. The predicted octanol–water partition coefficient (Wildman–Crippen LogP) is 2.56. The van der Waals surface area contributed by atoms with Gasteiger partial charge in [-0.3, -0.25) is 4.79 Å². The quantitative estimate of drug-likeness (QED) is 0.817. The number of nitrogens with one attached hydrogen (secondary N) is 1. The van der Waals surface area contributed by atoms with E-state index in [1.54, 1.807) is 0 Å². The molecule has 1 aromatic carbocycles. The van der Waals surface area contributed by atoms with Crippen LogP contribution in [0.1, 0.15) is 24.2 Å². The second-order valence-electron chi connectivity index (χ2n) is 4.72. The van der Waals surface area contributed by atoms with Crippen molar-refractivity contribution in [1.82, 2.24) is 5.32 Å². The van der Waals surface area contributed by atoms with Gasteiger partial charge in [0, 0.05) is 0 Å². The number of carboxylic acids is 1. The molecule has 0 heterocycles. The van der Waals surface area contributed by atoms with Crippen LogP contribution >= 0.6 is 0 Å². The van der Waals surface area contributed by atoms with Crippen LogP contribution in [0.25, 0.3) is 0 Å². The second-order valence-corrected chi connectivity index (χ2v) is 4.72. The maximum absolute atomic E-state index is 13.6. The number of rotatable bonds is 5. The second kappa shape index (κ2) is 6.63. The first-order valence-electron chi connectivity index (χ1n) is 6.10. The number of carboxylic acid groups (broad SMARTS) is 1. The van der Waals surface area contributed by atoms with Crippen molar-refractivity contribution < 1.29 is 37.0 Å². The van der Waals surface area contributed by atoms with E-state index in [1.165, 1.54) is 13.8 Å². The fraction of sp³-hybridized carbons (Fsp3) is 0.385.